The second kappa shape index (κ2) is 10.0. The van der Waals surface area contributed by atoms with Gasteiger partial charge in [0.25, 0.3) is 11.5 Å². The number of anilines is 2. The highest BCUT2D eigenvalue weighted by Crippen LogP contribution is 2.29. The Labute approximate surface area is 204 Å². The molecule has 0 unspecified atom stereocenters. The van der Waals surface area contributed by atoms with Gasteiger partial charge in [-0.2, -0.15) is 0 Å². The topological polar surface area (TPSA) is 115 Å². The molecule has 0 atom stereocenters. The summed E-state index contributed by atoms with van der Waals surface area (Å²) >= 11 is 0. The zero-order valence-corrected chi connectivity index (χ0v) is 20.9. The molecule has 2 heterocycles. The first-order chi connectivity index (χ1) is 16.7. The van der Waals surface area contributed by atoms with Crippen LogP contribution in [0.4, 0.5) is 11.4 Å². The number of amides is 1. The molecule has 9 nitrogen and oxygen atoms in total. The Balaban J connectivity index is 1.70. The van der Waals surface area contributed by atoms with Crippen molar-refractivity contribution in [2.24, 2.45) is 0 Å². The van der Waals surface area contributed by atoms with Gasteiger partial charge >= 0.3 is 0 Å². The van der Waals surface area contributed by atoms with Crippen LogP contribution in [-0.4, -0.2) is 55.8 Å². The van der Waals surface area contributed by atoms with Crippen molar-refractivity contribution in [3.63, 3.8) is 0 Å². The Kier molecular flexibility index (Phi) is 7.04. The molecule has 0 saturated carbocycles. The fraction of sp³-hybridized carbons (Fsp3) is 0.320. The van der Waals surface area contributed by atoms with Crippen molar-refractivity contribution in [1.82, 2.24) is 14.3 Å². The van der Waals surface area contributed by atoms with Crippen LogP contribution in [0.15, 0.2) is 58.2 Å². The van der Waals surface area contributed by atoms with Gasteiger partial charge in [0.2, 0.25) is 10.0 Å². The zero-order chi connectivity index (χ0) is 25.2. The van der Waals surface area contributed by atoms with Crippen molar-refractivity contribution >= 4 is 27.3 Å². The molecule has 3 aromatic rings. The van der Waals surface area contributed by atoms with Crippen molar-refractivity contribution < 1.29 is 13.2 Å². The number of benzene rings is 2. The van der Waals surface area contributed by atoms with Gasteiger partial charge in [-0.1, -0.05) is 19.1 Å². The SMILES string of the molecule is CCc1cc(=O)[nH]c(-c2cccc(NC(=O)c3cc(S(=O)(=O)N(C)C)ccc3N3CCCC3)c2)n1. The van der Waals surface area contributed by atoms with Crippen LogP contribution in [0.3, 0.4) is 0 Å². The number of sulfonamides is 1. The van der Waals surface area contributed by atoms with E-state index in [0.29, 0.717) is 40.4 Å². The molecular weight excluding hydrogens is 466 g/mol. The smallest absolute Gasteiger partial charge is 0.257 e. The maximum Gasteiger partial charge on any atom is 0.257 e. The summed E-state index contributed by atoms with van der Waals surface area (Å²) in [6.07, 6.45) is 2.66. The zero-order valence-electron chi connectivity index (χ0n) is 20.0. The molecule has 1 aliphatic heterocycles. The lowest BCUT2D eigenvalue weighted by molar-refractivity contribution is 0.102. The molecule has 0 radical (unpaired) electrons. The van der Waals surface area contributed by atoms with Gasteiger partial charge in [-0.05, 0) is 49.6 Å². The third kappa shape index (κ3) is 5.28. The summed E-state index contributed by atoms with van der Waals surface area (Å²) in [5.74, 6) is 0.00546. The summed E-state index contributed by atoms with van der Waals surface area (Å²) in [5, 5.41) is 2.89. The lowest BCUT2D eigenvalue weighted by Crippen LogP contribution is -2.25. The number of nitrogens with zero attached hydrogens (tertiary/aromatic N) is 3. The van der Waals surface area contributed by atoms with E-state index in [1.807, 2.05) is 6.92 Å². The van der Waals surface area contributed by atoms with Gasteiger partial charge in [0.1, 0.15) is 5.82 Å². The number of rotatable bonds is 7. The highest BCUT2D eigenvalue weighted by Gasteiger charge is 2.24. The van der Waals surface area contributed by atoms with Crippen LogP contribution in [0.25, 0.3) is 11.4 Å². The molecule has 2 N–H and O–H groups in total. The molecule has 1 fully saturated rings. The Morgan fingerprint density at radius 2 is 1.86 bits per heavy atom. The maximum atomic E-state index is 13.4. The molecule has 35 heavy (non-hydrogen) atoms. The maximum absolute atomic E-state index is 13.4. The Morgan fingerprint density at radius 1 is 1.11 bits per heavy atom. The number of aromatic amines is 1. The van der Waals surface area contributed by atoms with Gasteiger partial charge in [-0.3, -0.25) is 9.59 Å². The van der Waals surface area contributed by atoms with Crippen molar-refractivity contribution in [2.75, 3.05) is 37.4 Å². The molecular formula is C25H29N5O4S. The largest absolute Gasteiger partial charge is 0.371 e. The van der Waals surface area contributed by atoms with E-state index in [2.05, 4.69) is 20.2 Å². The Bertz CT molecular complexity index is 1410. The molecule has 1 aliphatic rings. The first-order valence-corrected chi connectivity index (χ1v) is 13.0. The number of nitrogens with one attached hydrogen (secondary N) is 2. The normalized spacial score (nSPS) is 13.9. The number of aromatic nitrogens is 2. The van der Waals surface area contributed by atoms with Crippen LogP contribution in [0.2, 0.25) is 0 Å². The van der Waals surface area contributed by atoms with Crippen LogP contribution < -0.4 is 15.8 Å². The average molecular weight is 496 g/mol. The van der Waals surface area contributed by atoms with E-state index in [-0.39, 0.29) is 10.5 Å². The van der Waals surface area contributed by atoms with Crippen LogP contribution in [0.5, 0.6) is 0 Å². The Morgan fingerprint density at radius 3 is 2.54 bits per heavy atom. The average Bonchev–Trinajstić information content (AvgIpc) is 3.38. The highest BCUT2D eigenvalue weighted by molar-refractivity contribution is 7.89. The summed E-state index contributed by atoms with van der Waals surface area (Å²) in [6, 6.07) is 13.2. The predicted octanol–water partition coefficient (Wildman–Crippen LogP) is 3.10. The minimum atomic E-state index is -3.71. The first kappa shape index (κ1) is 24.6. The summed E-state index contributed by atoms with van der Waals surface area (Å²) in [5.41, 5.74) is 2.59. The summed E-state index contributed by atoms with van der Waals surface area (Å²) in [7, 11) is -0.788. The number of aryl methyl sites for hydroxylation is 1. The summed E-state index contributed by atoms with van der Waals surface area (Å²) in [6.45, 7) is 3.54. The number of carbonyl (C=O) groups is 1. The number of hydrogen-bond acceptors (Lipinski definition) is 6. The lowest BCUT2D eigenvalue weighted by Gasteiger charge is -2.22. The minimum absolute atomic E-state index is 0.0579. The molecule has 0 bridgehead atoms. The number of hydrogen-bond donors (Lipinski definition) is 2. The molecule has 0 aliphatic carbocycles. The molecule has 1 amide bonds. The van der Waals surface area contributed by atoms with E-state index in [0.717, 1.165) is 30.2 Å². The van der Waals surface area contributed by atoms with Crippen LogP contribution >= 0.6 is 0 Å². The fourth-order valence-electron chi connectivity index (χ4n) is 4.07. The molecule has 1 saturated heterocycles. The molecule has 4 rings (SSSR count). The monoisotopic (exact) mass is 495 g/mol. The van der Waals surface area contributed by atoms with Crippen molar-refractivity contribution in [3.05, 3.63) is 70.1 Å². The molecule has 10 heteroatoms. The van der Waals surface area contributed by atoms with E-state index in [9.17, 15) is 18.0 Å². The van der Waals surface area contributed by atoms with E-state index < -0.39 is 15.9 Å². The minimum Gasteiger partial charge on any atom is -0.371 e. The second-order valence-electron chi connectivity index (χ2n) is 8.63. The quantitative estimate of drug-likeness (QED) is 0.520. The number of H-pyrrole nitrogens is 1. The van der Waals surface area contributed by atoms with Gasteiger partial charge in [0.05, 0.1) is 10.5 Å². The van der Waals surface area contributed by atoms with Gasteiger partial charge in [-0.25, -0.2) is 17.7 Å². The van der Waals surface area contributed by atoms with E-state index in [1.54, 1.807) is 36.4 Å². The van der Waals surface area contributed by atoms with Crippen molar-refractivity contribution in [1.29, 1.82) is 0 Å². The van der Waals surface area contributed by atoms with Gasteiger partial charge < -0.3 is 15.2 Å². The van der Waals surface area contributed by atoms with Crippen LogP contribution in [0, 0.1) is 0 Å². The number of carbonyl (C=O) groups excluding carboxylic acids is 1. The third-order valence-corrected chi connectivity index (χ3v) is 7.80. The van der Waals surface area contributed by atoms with Gasteiger partial charge in [-0.15, -0.1) is 0 Å². The fourth-order valence-corrected chi connectivity index (χ4v) is 5.00. The summed E-state index contributed by atoms with van der Waals surface area (Å²) < 4.78 is 26.6. The standard InChI is InChI=1S/C25H29N5O4S/c1-4-18-15-23(31)28-24(26-18)17-8-7-9-19(14-17)27-25(32)21-16-20(35(33,34)29(2)3)10-11-22(21)30-12-5-6-13-30/h7-11,14-16H,4-6,12-13H2,1-3H3,(H,27,32)(H,26,28,31). The molecule has 0 spiro atoms. The second-order valence-corrected chi connectivity index (χ2v) is 10.8. The lowest BCUT2D eigenvalue weighted by atomic mass is 10.1. The highest BCUT2D eigenvalue weighted by atomic mass is 32.2. The van der Waals surface area contributed by atoms with Crippen molar-refractivity contribution in [3.8, 4) is 11.4 Å². The van der Waals surface area contributed by atoms with Gasteiger partial charge in [0.15, 0.2) is 0 Å². The molecule has 184 valence electrons. The summed E-state index contributed by atoms with van der Waals surface area (Å²) in [4.78, 5) is 34.8. The van der Waals surface area contributed by atoms with Gasteiger partial charge in [0, 0.05) is 55.9 Å². The third-order valence-electron chi connectivity index (χ3n) is 5.99. The van der Waals surface area contributed by atoms with E-state index in [1.165, 1.54) is 26.2 Å². The van der Waals surface area contributed by atoms with Crippen LogP contribution in [0.1, 0.15) is 35.8 Å². The van der Waals surface area contributed by atoms with Crippen LogP contribution in [-0.2, 0) is 16.4 Å². The molecule has 2 aromatic carbocycles. The predicted molar refractivity (Wildman–Crippen MR) is 136 cm³/mol. The first-order valence-electron chi connectivity index (χ1n) is 11.5. The van der Waals surface area contributed by atoms with E-state index >= 15 is 0 Å². The Hall–Kier alpha value is -3.50. The molecule has 1 aromatic heterocycles. The van der Waals surface area contributed by atoms with Crippen molar-refractivity contribution in [2.45, 2.75) is 31.1 Å². The van der Waals surface area contributed by atoms with E-state index in [4.69, 9.17) is 0 Å².